The summed E-state index contributed by atoms with van der Waals surface area (Å²) in [4.78, 5) is 31.4. The van der Waals surface area contributed by atoms with Gasteiger partial charge in [-0.25, -0.2) is 4.39 Å². The first kappa shape index (κ1) is 26.3. The molecule has 2 atom stereocenters. The fourth-order valence-electron chi connectivity index (χ4n) is 5.15. The molecule has 0 saturated carbocycles. The van der Waals surface area contributed by atoms with Crippen LogP contribution in [0.3, 0.4) is 0 Å². The zero-order valence-corrected chi connectivity index (χ0v) is 21.8. The fraction of sp³-hybridized carbons (Fsp3) is 0.276. The van der Waals surface area contributed by atoms with E-state index in [2.05, 4.69) is 10.3 Å². The third kappa shape index (κ3) is 5.34. The number of fused-ring (bicyclic) bond motifs is 1. The lowest BCUT2D eigenvalue weighted by Crippen LogP contribution is -2.38. The number of carbonyl (C=O) groups excluding carboxylic acids is 2. The highest BCUT2D eigenvalue weighted by molar-refractivity contribution is 6.04. The molecule has 3 heterocycles. The summed E-state index contributed by atoms with van der Waals surface area (Å²) in [5.74, 6) is -1.08. The van der Waals surface area contributed by atoms with Crippen molar-refractivity contribution in [3.8, 4) is 0 Å². The molecule has 1 unspecified atom stereocenters. The Bertz CT molecular complexity index is 1510. The first-order valence-corrected chi connectivity index (χ1v) is 12.8. The van der Waals surface area contributed by atoms with E-state index in [-0.39, 0.29) is 36.4 Å². The molecule has 1 aliphatic rings. The molecule has 5 rings (SSSR count). The van der Waals surface area contributed by atoms with Crippen LogP contribution in [0.5, 0.6) is 0 Å². The third-order valence-corrected chi connectivity index (χ3v) is 7.07. The van der Waals surface area contributed by atoms with Gasteiger partial charge in [0.25, 0.3) is 11.8 Å². The summed E-state index contributed by atoms with van der Waals surface area (Å²) < 4.78 is 15.6. The van der Waals surface area contributed by atoms with Gasteiger partial charge in [-0.15, -0.1) is 0 Å². The smallest absolute Gasteiger partial charge is 0.276 e. The molecule has 2 aromatic heterocycles. The van der Waals surface area contributed by atoms with Crippen molar-refractivity contribution >= 4 is 17.5 Å². The Balaban J connectivity index is 1.53. The van der Waals surface area contributed by atoms with Crippen molar-refractivity contribution in [3.05, 3.63) is 106 Å². The molecule has 0 spiro atoms. The Morgan fingerprint density at radius 2 is 2.03 bits per heavy atom. The average molecular weight is 531 g/mol. The van der Waals surface area contributed by atoms with Gasteiger partial charge in [0.2, 0.25) is 0 Å². The quantitative estimate of drug-likeness (QED) is 0.288. The molecule has 1 aliphatic heterocycles. The second kappa shape index (κ2) is 10.8. The van der Waals surface area contributed by atoms with Gasteiger partial charge in [-0.05, 0) is 60.0 Å². The molecule has 0 fully saturated rings. The van der Waals surface area contributed by atoms with Gasteiger partial charge in [-0.3, -0.25) is 14.3 Å². The molecular formula is C29H31FN6O3. The van der Waals surface area contributed by atoms with Crippen LogP contribution in [-0.2, 0) is 19.6 Å². The number of halogens is 1. The number of amides is 2. The van der Waals surface area contributed by atoms with E-state index in [4.69, 9.17) is 10.8 Å². The van der Waals surface area contributed by atoms with Crippen molar-refractivity contribution in [1.82, 2.24) is 19.7 Å². The maximum atomic E-state index is 13.9. The number of benzene rings is 2. The summed E-state index contributed by atoms with van der Waals surface area (Å²) >= 11 is 0. The van der Waals surface area contributed by atoms with E-state index in [1.54, 1.807) is 65.2 Å². The van der Waals surface area contributed by atoms with Gasteiger partial charge in [0.15, 0.2) is 5.69 Å². The van der Waals surface area contributed by atoms with Crippen LogP contribution in [0.4, 0.5) is 10.1 Å². The van der Waals surface area contributed by atoms with Gasteiger partial charge < -0.3 is 26.0 Å². The molecule has 9 nitrogen and oxygen atoms in total. The second-order valence-corrected chi connectivity index (χ2v) is 9.91. The summed E-state index contributed by atoms with van der Waals surface area (Å²) in [6.07, 6.45) is 1.01. The normalized spacial score (nSPS) is 15.6. The van der Waals surface area contributed by atoms with E-state index in [1.807, 2.05) is 6.92 Å². The fourth-order valence-corrected chi connectivity index (χ4v) is 5.15. The Kier molecular flexibility index (Phi) is 7.32. The number of carbonyl (C=O) groups is 2. The molecular weight excluding hydrogens is 499 g/mol. The predicted molar refractivity (Wildman–Crippen MR) is 145 cm³/mol. The van der Waals surface area contributed by atoms with Crippen molar-refractivity contribution in [3.63, 3.8) is 0 Å². The van der Waals surface area contributed by atoms with Crippen molar-refractivity contribution in [1.29, 1.82) is 0 Å². The zero-order valence-electron chi connectivity index (χ0n) is 21.8. The number of nitrogens with two attached hydrogens (primary N) is 1. The zero-order chi connectivity index (χ0) is 27.7. The van der Waals surface area contributed by atoms with Gasteiger partial charge in [0.05, 0.1) is 19.2 Å². The SMILES string of the molecule is CC1CN(C(=O)c2ccc[nH]2)Cc2c(C(=O)Nc3cccc([C@H](C)O)c3)nn(Cc3ccc(F)cc3CN)c21. The largest absolute Gasteiger partial charge is 0.389 e. The number of nitrogens with zero attached hydrogens (tertiary/aromatic N) is 3. The monoisotopic (exact) mass is 530 g/mol. The molecule has 5 N–H and O–H groups in total. The number of hydrogen-bond acceptors (Lipinski definition) is 5. The lowest BCUT2D eigenvalue weighted by molar-refractivity contribution is 0.0711. The lowest BCUT2D eigenvalue weighted by atomic mass is 9.95. The topological polar surface area (TPSA) is 129 Å². The molecule has 2 amide bonds. The van der Waals surface area contributed by atoms with Gasteiger partial charge in [-0.2, -0.15) is 5.10 Å². The maximum Gasteiger partial charge on any atom is 0.276 e. The molecule has 4 aromatic rings. The summed E-state index contributed by atoms with van der Waals surface area (Å²) in [5.41, 5.74) is 10.7. The first-order chi connectivity index (χ1) is 18.7. The van der Waals surface area contributed by atoms with Crippen LogP contribution in [-0.4, -0.2) is 43.1 Å². The van der Waals surface area contributed by atoms with Gasteiger partial charge >= 0.3 is 0 Å². The van der Waals surface area contributed by atoms with Crippen molar-refractivity contribution in [2.24, 2.45) is 5.73 Å². The Hall–Kier alpha value is -4.28. The third-order valence-electron chi connectivity index (χ3n) is 7.07. The highest BCUT2D eigenvalue weighted by atomic mass is 19.1. The number of aromatic nitrogens is 3. The van der Waals surface area contributed by atoms with Gasteiger partial charge in [0.1, 0.15) is 11.5 Å². The highest BCUT2D eigenvalue weighted by Gasteiger charge is 2.34. The number of aromatic amines is 1. The minimum Gasteiger partial charge on any atom is -0.389 e. The number of rotatable bonds is 7. The number of hydrogen-bond donors (Lipinski definition) is 4. The highest BCUT2D eigenvalue weighted by Crippen LogP contribution is 2.33. The van der Waals surface area contributed by atoms with Crippen molar-refractivity contribution in [2.45, 2.75) is 45.5 Å². The first-order valence-electron chi connectivity index (χ1n) is 12.8. The standard InChI is InChI=1S/C29H31FN6O3/c1-17-14-35(29(39)25-7-4-10-32-25)16-24-26(28(38)33-23-6-3-5-19(12-23)18(2)37)34-36(27(17)24)15-20-8-9-22(30)11-21(20)13-31/h3-12,17-18,32,37H,13-16,31H2,1-2H3,(H,33,38)/t17?,18-/m0/s1. The summed E-state index contributed by atoms with van der Waals surface area (Å²) in [6.45, 7) is 4.77. The van der Waals surface area contributed by atoms with E-state index in [0.717, 1.165) is 11.3 Å². The van der Waals surface area contributed by atoms with Gasteiger partial charge in [-0.1, -0.05) is 25.1 Å². The lowest BCUT2D eigenvalue weighted by Gasteiger charge is -2.32. The van der Waals surface area contributed by atoms with E-state index >= 15 is 0 Å². The predicted octanol–water partition coefficient (Wildman–Crippen LogP) is 3.92. The van der Waals surface area contributed by atoms with E-state index in [9.17, 15) is 19.1 Å². The minimum atomic E-state index is -0.685. The van der Waals surface area contributed by atoms with E-state index in [0.29, 0.717) is 41.2 Å². The molecule has 0 radical (unpaired) electrons. The summed E-state index contributed by atoms with van der Waals surface area (Å²) in [7, 11) is 0. The van der Waals surface area contributed by atoms with E-state index < -0.39 is 12.0 Å². The van der Waals surface area contributed by atoms with Crippen LogP contribution in [0, 0.1) is 5.82 Å². The van der Waals surface area contributed by atoms with Gasteiger partial charge in [0, 0.05) is 42.1 Å². The van der Waals surface area contributed by atoms with Crippen LogP contribution in [0.2, 0.25) is 0 Å². The molecule has 39 heavy (non-hydrogen) atoms. The Morgan fingerprint density at radius 1 is 1.21 bits per heavy atom. The molecule has 2 aromatic carbocycles. The number of aliphatic hydroxyl groups excluding tert-OH is 1. The maximum absolute atomic E-state index is 13.9. The molecule has 0 aliphatic carbocycles. The van der Waals surface area contributed by atoms with Crippen LogP contribution in [0.1, 0.15) is 74.8 Å². The summed E-state index contributed by atoms with van der Waals surface area (Å²) in [6, 6.07) is 14.9. The Labute approximate surface area is 225 Å². The molecule has 0 saturated heterocycles. The second-order valence-electron chi connectivity index (χ2n) is 9.91. The van der Waals surface area contributed by atoms with E-state index in [1.165, 1.54) is 12.1 Å². The minimum absolute atomic E-state index is 0.123. The van der Waals surface area contributed by atoms with Crippen molar-refractivity contribution < 1.29 is 19.1 Å². The Morgan fingerprint density at radius 3 is 2.74 bits per heavy atom. The van der Waals surface area contributed by atoms with Crippen LogP contribution >= 0.6 is 0 Å². The molecule has 10 heteroatoms. The number of H-pyrrole nitrogens is 1. The van der Waals surface area contributed by atoms with Crippen LogP contribution in [0.25, 0.3) is 0 Å². The van der Waals surface area contributed by atoms with Crippen LogP contribution in [0.15, 0.2) is 60.8 Å². The van der Waals surface area contributed by atoms with Crippen LogP contribution < -0.4 is 11.1 Å². The van der Waals surface area contributed by atoms with Crippen molar-refractivity contribution in [2.75, 3.05) is 11.9 Å². The molecule has 202 valence electrons. The average Bonchev–Trinajstić information content (AvgIpc) is 3.58. The molecule has 0 bridgehead atoms. The number of aliphatic hydroxyl groups is 1. The number of nitrogens with one attached hydrogen (secondary N) is 2. The number of anilines is 1. The summed E-state index contributed by atoms with van der Waals surface area (Å²) in [5, 5.41) is 17.6.